The maximum Gasteiger partial charge on any atom is 0.340 e. The summed E-state index contributed by atoms with van der Waals surface area (Å²) in [4.78, 5) is 25.3. The van der Waals surface area contributed by atoms with Crippen molar-refractivity contribution >= 4 is 5.82 Å². The number of nitrogens with zero attached hydrogens (tertiary/aromatic N) is 4. The first-order valence-electron chi connectivity index (χ1n) is 7.52. The van der Waals surface area contributed by atoms with Crippen molar-refractivity contribution in [1.82, 2.24) is 25.1 Å². The highest BCUT2D eigenvalue weighted by atomic mass is 16.1. The lowest BCUT2D eigenvalue weighted by Crippen LogP contribution is -2.34. The van der Waals surface area contributed by atoms with Crippen LogP contribution in [-0.2, 0) is 0 Å². The van der Waals surface area contributed by atoms with Gasteiger partial charge in [0.1, 0.15) is 17.5 Å². The Morgan fingerprint density at radius 2 is 1.95 bits per heavy atom. The van der Waals surface area contributed by atoms with E-state index in [4.69, 9.17) is 4.98 Å². The highest BCUT2D eigenvalue weighted by Crippen LogP contribution is 2.38. The van der Waals surface area contributed by atoms with Crippen LogP contribution in [0.2, 0.25) is 0 Å². The van der Waals surface area contributed by atoms with Crippen LogP contribution in [0.15, 0.2) is 17.1 Å². The van der Waals surface area contributed by atoms with Crippen LogP contribution in [0.1, 0.15) is 49.2 Å². The van der Waals surface area contributed by atoms with Gasteiger partial charge >= 0.3 is 5.69 Å². The monoisotopic (exact) mass is 286 g/mol. The summed E-state index contributed by atoms with van der Waals surface area (Å²) in [7, 11) is 0. The second-order valence-corrected chi connectivity index (χ2v) is 5.87. The van der Waals surface area contributed by atoms with E-state index in [0.717, 1.165) is 43.4 Å². The Bertz CT molecular complexity index is 681. The summed E-state index contributed by atoms with van der Waals surface area (Å²) in [6.07, 6.45) is 6.26. The zero-order valence-electron chi connectivity index (χ0n) is 11.7. The summed E-state index contributed by atoms with van der Waals surface area (Å²) in [5, 5.41) is 6.49. The molecule has 0 aromatic carbocycles. The second-order valence-electron chi connectivity index (χ2n) is 5.87. The largest absolute Gasteiger partial charge is 0.356 e. The summed E-state index contributed by atoms with van der Waals surface area (Å²) in [6, 6.07) is 1.99. The standard InChI is InChI=1S/C14H18N6O/c21-14-17-13(18-19-14)10-4-7-20(8-5-10)11-3-6-15-12(16-11)9-1-2-9/h3,6,9-10H,1-2,4-5,7-8H2,(H2,17,18,19,21). The number of hydrogen-bond donors (Lipinski definition) is 2. The molecule has 1 saturated heterocycles. The number of nitrogens with one attached hydrogen (secondary N) is 2. The molecule has 110 valence electrons. The smallest absolute Gasteiger partial charge is 0.340 e. The molecule has 2 N–H and O–H groups in total. The maximum atomic E-state index is 11.1. The van der Waals surface area contributed by atoms with Gasteiger partial charge in [0.15, 0.2) is 0 Å². The van der Waals surface area contributed by atoms with Gasteiger partial charge in [-0.25, -0.2) is 19.9 Å². The van der Waals surface area contributed by atoms with Crippen molar-refractivity contribution in [3.05, 3.63) is 34.4 Å². The SMILES string of the molecule is O=c1[nH]nc(C2CCN(c3ccnc(C4CC4)n3)CC2)[nH]1. The van der Waals surface area contributed by atoms with Gasteiger partial charge < -0.3 is 4.90 Å². The van der Waals surface area contributed by atoms with Gasteiger partial charge in [0.2, 0.25) is 0 Å². The lowest BCUT2D eigenvalue weighted by Gasteiger charge is -2.31. The molecule has 2 aromatic heterocycles. The van der Waals surface area contributed by atoms with Crippen molar-refractivity contribution in [3.8, 4) is 0 Å². The van der Waals surface area contributed by atoms with Crippen LogP contribution in [0.5, 0.6) is 0 Å². The quantitative estimate of drug-likeness (QED) is 0.883. The van der Waals surface area contributed by atoms with Crippen LogP contribution in [0.25, 0.3) is 0 Å². The minimum absolute atomic E-state index is 0.225. The maximum absolute atomic E-state index is 11.1. The van der Waals surface area contributed by atoms with E-state index in [2.05, 4.69) is 25.1 Å². The van der Waals surface area contributed by atoms with E-state index in [9.17, 15) is 4.79 Å². The molecule has 4 rings (SSSR count). The minimum atomic E-state index is -0.225. The van der Waals surface area contributed by atoms with Gasteiger partial charge in [0, 0.05) is 31.1 Å². The van der Waals surface area contributed by atoms with E-state index in [1.165, 1.54) is 12.8 Å². The van der Waals surface area contributed by atoms with Crippen LogP contribution in [0.4, 0.5) is 5.82 Å². The number of anilines is 1. The molecule has 2 fully saturated rings. The van der Waals surface area contributed by atoms with Gasteiger partial charge in [0.05, 0.1) is 0 Å². The lowest BCUT2D eigenvalue weighted by molar-refractivity contribution is 0.484. The molecule has 0 unspecified atom stereocenters. The molecule has 0 amide bonds. The van der Waals surface area contributed by atoms with E-state index in [1.807, 2.05) is 12.3 Å². The molecule has 1 saturated carbocycles. The number of piperidine rings is 1. The van der Waals surface area contributed by atoms with Crippen LogP contribution in [0, 0.1) is 0 Å². The van der Waals surface area contributed by atoms with Crippen molar-refractivity contribution in [2.75, 3.05) is 18.0 Å². The van der Waals surface area contributed by atoms with E-state index in [-0.39, 0.29) is 5.69 Å². The molecule has 21 heavy (non-hydrogen) atoms. The van der Waals surface area contributed by atoms with E-state index >= 15 is 0 Å². The molecule has 2 aliphatic rings. The molecule has 0 bridgehead atoms. The molecule has 2 aromatic rings. The first-order chi connectivity index (χ1) is 10.3. The summed E-state index contributed by atoms with van der Waals surface area (Å²) in [6.45, 7) is 1.86. The van der Waals surface area contributed by atoms with E-state index in [1.54, 1.807) is 0 Å². The van der Waals surface area contributed by atoms with Gasteiger partial charge in [-0.3, -0.25) is 4.98 Å². The zero-order valence-corrected chi connectivity index (χ0v) is 11.7. The molecular weight excluding hydrogens is 268 g/mol. The fourth-order valence-electron chi connectivity index (χ4n) is 2.94. The van der Waals surface area contributed by atoms with Gasteiger partial charge in [-0.05, 0) is 31.7 Å². The topological polar surface area (TPSA) is 90.6 Å². The highest BCUT2D eigenvalue weighted by molar-refractivity contribution is 5.39. The highest BCUT2D eigenvalue weighted by Gasteiger charge is 2.28. The predicted octanol–water partition coefficient (Wildman–Crippen LogP) is 1.15. The zero-order chi connectivity index (χ0) is 14.2. The Hall–Kier alpha value is -2.18. The van der Waals surface area contributed by atoms with Crippen LogP contribution in [0.3, 0.4) is 0 Å². The molecule has 1 aliphatic heterocycles. The third-order valence-corrected chi connectivity index (χ3v) is 4.33. The number of H-pyrrole nitrogens is 2. The van der Waals surface area contributed by atoms with Crippen LogP contribution in [-0.4, -0.2) is 38.2 Å². The summed E-state index contributed by atoms with van der Waals surface area (Å²) in [5.41, 5.74) is -0.225. The first kappa shape index (κ1) is 12.6. The Labute approximate surface area is 121 Å². The van der Waals surface area contributed by atoms with E-state index in [0.29, 0.717) is 11.8 Å². The molecule has 7 heteroatoms. The summed E-state index contributed by atoms with van der Waals surface area (Å²) >= 11 is 0. The van der Waals surface area contributed by atoms with Gasteiger partial charge in [-0.1, -0.05) is 0 Å². The fourth-order valence-corrected chi connectivity index (χ4v) is 2.94. The van der Waals surface area contributed by atoms with Crippen molar-refractivity contribution < 1.29 is 0 Å². The minimum Gasteiger partial charge on any atom is -0.356 e. The molecule has 0 radical (unpaired) electrons. The van der Waals surface area contributed by atoms with Gasteiger partial charge in [0.25, 0.3) is 0 Å². The molecule has 1 aliphatic carbocycles. The number of hydrogen-bond acceptors (Lipinski definition) is 5. The van der Waals surface area contributed by atoms with E-state index < -0.39 is 0 Å². The van der Waals surface area contributed by atoms with Gasteiger partial charge in [-0.2, -0.15) is 5.10 Å². The van der Waals surface area contributed by atoms with Crippen molar-refractivity contribution in [2.45, 2.75) is 37.5 Å². The number of aromatic nitrogens is 5. The molecule has 7 nitrogen and oxygen atoms in total. The third-order valence-electron chi connectivity index (χ3n) is 4.33. The predicted molar refractivity (Wildman–Crippen MR) is 77.4 cm³/mol. The van der Waals surface area contributed by atoms with Crippen molar-refractivity contribution in [3.63, 3.8) is 0 Å². The van der Waals surface area contributed by atoms with Gasteiger partial charge in [-0.15, -0.1) is 0 Å². The molecule has 3 heterocycles. The Morgan fingerprint density at radius 1 is 1.14 bits per heavy atom. The third kappa shape index (κ3) is 2.55. The molecular formula is C14H18N6O. The Balaban J connectivity index is 1.45. The fraction of sp³-hybridized carbons (Fsp3) is 0.571. The summed E-state index contributed by atoms with van der Waals surface area (Å²) < 4.78 is 0. The number of aromatic amines is 2. The normalized spacial score (nSPS) is 19.9. The van der Waals surface area contributed by atoms with Crippen molar-refractivity contribution in [1.29, 1.82) is 0 Å². The average Bonchev–Trinajstić information content (AvgIpc) is 3.29. The van der Waals surface area contributed by atoms with Crippen LogP contribution >= 0.6 is 0 Å². The molecule has 0 atom stereocenters. The lowest BCUT2D eigenvalue weighted by atomic mass is 9.96. The Morgan fingerprint density at radius 3 is 2.62 bits per heavy atom. The number of rotatable bonds is 3. The molecule has 0 spiro atoms. The van der Waals surface area contributed by atoms with Crippen LogP contribution < -0.4 is 10.6 Å². The average molecular weight is 286 g/mol. The van der Waals surface area contributed by atoms with Crippen molar-refractivity contribution in [2.24, 2.45) is 0 Å². The Kier molecular flexibility index (Phi) is 2.98. The summed E-state index contributed by atoms with van der Waals surface area (Å²) in [5.74, 6) is 3.70. The first-order valence-corrected chi connectivity index (χ1v) is 7.52. The second kappa shape index (κ2) is 4.98.